The fourth-order valence-corrected chi connectivity index (χ4v) is 3.90. The molecule has 1 aromatic heterocycles. The van der Waals surface area contributed by atoms with Gasteiger partial charge in [0.25, 0.3) is 0 Å². The van der Waals surface area contributed by atoms with Crippen LogP contribution in [0.15, 0.2) is 23.3 Å². The Morgan fingerprint density at radius 1 is 1.16 bits per heavy atom. The Kier molecular flexibility index (Phi) is 14.1. The van der Waals surface area contributed by atoms with Crippen molar-refractivity contribution in [3.8, 4) is 0 Å². The zero-order chi connectivity index (χ0) is 21.8. The topological polar surface area (TPSA) is 76.0 Å². The van der Waals surface area contributed by atoms with Crippen LogP contribution in [0.3, 0.4) is 0 Å². The van der Waals surface area contributed by atoms with E-state index in [1.165, 1.54) is 0 Å². The average Bonchev–Trinajstić information content (AvgIpc) is 2.76. The SMILES string of the molecule is CCNC(=NCc1ccc(N2CCN(CC)CC2)nc1)NCC(CCO)CC(C)C.I. The molecule has 7 nitrogen and oxygen atoms in total. The molecule has 0 aliphatic carbocycles. The summed E-state index contributed by atoms with van der Waals surface area (Å²) in [4.78, 5) is 14.2. The highest BCUT2D eigenvalue weighted by atomic mass is 127. The van der Waals surface area contributed by atoms with Crippen molar-refractivity contribution in [2.45, 2.75) is 47.1 Å². The molecule has 2 heterocycles. The van der Waals surface area contributed by atoms with Crippen LogP contribution in [0.2, 0.25) is 0 Å². The second-order valence-electron chi connectivity index (χ2n) is 8.53. The first-order chi connectivity index (χ1) is 14.5. The van der Waals surface area contributed by atoms with E-state index >= 15 is 0 Å². The van der Waals surface area contributed by atoms with Crippen LogP contribution in [-0.4, -0.2) is 73.4 Å². The molecule has 1 aliphatic heterocycles. The van der Waals surface area contributed by atoms with E-state index in [2.05, 4.69) is 65.2 Å². The number of nitrogens with zero attached hydrogens (tertiary/aromatic N) is 4. The van der Waals surface area contributed by atoms with Crippen LogP contribution in [-0.2, 0) is 6.54 Å². The number of pyridine rings is 1. The summed E-state index contributed by atoms with van der Waals surface area (Å²) in [7, 11) is 0. The number of aromatic nitrogens is 1. The predicted molar refractivity (Wildman–Crippen MR) is 141 cm³/mol. The van der Waals surface area contributed by atoms with Gasteiger partial charge in [-0.05, 0) is 49.8 Å². The maximum atomic E-state index is 9.33. The number of aliphatic hydroxyl groups is 1. The van der Waals surface area contributed by atoms with Crippen molar-refractivity contribution in [2.24, 2.45) is 16.8 Å². The van der Waals surface area contributed by atoms with Crippen LogP contribution in [0.5, 0.6) is 0 Å². The van der Waals surface area contributed by atoms with Crippen LogP contribution in [0.1, 0.15) is 46.1 Å². The van der Waals surface area contributed by atoms with Gasteiger partial charge in [-0.3, -0.25) is 0 Å². The number of piperazine rings is 1. The number of aliphatic hydroxyl groups excluding tert-OH is 1. The van der Waals surface area contributed by atoms with Gasteiger partial charge in [0.05, 0.1) is 6.54 Å². The summed E-state index contributed by atoms with van der Waals surface area (Å²) in [6, 6.07) is 4.25. The van der Waals surface area contributed by atoms with Crippen molar-refractivity contribution in [1.82, 2.24) is 20.5 Å². The smallest absolute Gasteiger partial charge is 0.191 e. The fourth-order valence-electron chi connectivity index (χ4n) is 3.90. The minimum absolute atomic E-state index is 0. The lowest BCUT2D eigenvalue weighted by Crippen LogP contribution is -2.46. The molecule has 8 heteroatoms. The summed E-state index contributed by atoms with van der Waals surface area (Å²) < 4.78 is 0. The Morgan fingerprint density at radius 2 is 1.90 bits per heavy atom. The minimum atomic E-state index is 0. The molecule has 0 amide bonds. The largest absolute Gasteiger partial charge is 0.396 e. The van der Waals surface area contributed by atoms with Gasteiger partial charge >= 0.3 is 0 Å². The molecule has 0 aromatic carbocycles. The summed E-state index contributed by atoms with van der Waals surface area (Å²) >= 11 is 0. The molecule has 2 rings (SSSR count). The van der Waals surface area contributed by atoms with Crippen LogP contribution < -0.4 is 15.5 Å². The molecule has 0 spiro atoms. The van der Waals surface area contributed by atoms with Gasteiger partial charge in [0.15, 0.2) is 5.96 Å². The molecule has 1 saturated heterocycles. The van der Waals surface area contributed by atoms with Crippen LogP contribution in [0.25, 0.3) is 0 Å². The molecule has 31 heavy (non-hydrogen) atoms. The number of guanidine groups is 1. The Hall–Kier alpha value is -1.13. The second-order valence-corrected chi connectivity index (χ2v) is 8.53. The first-order valence-corrected chi connectivity index (χ1v) is 11.6. The normalized spacial score (nSPS) is 16.2. The fraction of sp³-hybridized carbons (Fsp3) is 0.739. The Labute approximate surface area is 206 Å². The van der Waals surface area contributed by atoms with Gasteiger partial charge in [0, 0.05) is 52.1 Å². The van der Waals surface area contributed by atoms with E-state index in [0.29, 0.717) is 18.4 Å². The number of aliphatic imine (C=N–C) groups is 1. The zero-order valence-corrected chi connectivity index (χ0v) is 22.1. The van der Waals surface area contributed by atoms with Crippen molar-refractivity contribution < 1.29 is 5.11 Å². The molecular weight excluding hydrogens is 503 g/mol. The van der Waals surface area contributed by atoms with Gasteiger partial charge in [-0.2, -0.15) is 0 Å². The quantitative estimate of drug-likeness (QED) is 0.225. The molecule has 3 N–H and O–H groups in total. The molecule has 178 valence electrons. The van der Waals surface area contributed by atoms with Crippen molar-refractivity contribution in [3.05, 3.63) is 23.9 Å². The van der Waals surface area contributed by atoms with Crippen LogP contribution in [0, 0.1) is 11.8 Å². The number of halogens is 1. The molecule has 1 fully saturated rings. The Balaban J connectivity index is 0.00000480. The highest BCUT2D eigenvalue weighted by Gasteiger charge is 2.16. The summed E-state index contributed by atoms with van der Waals surface area (Å²) in [5.41, 5.74) is 1.11. The second kappa shape index (κ2) is 15.6. The lowest BCUT2D eigenvalue weighted by atomic mass is 9.94. The lowest BCUT2D eigenvalue weighted by molar-refractivity contribution is 0.243. The predicted octanol–water partition coefficient (Wildman–Crippen LogP) is 2.94. The lowest BCUT2D eigenvalue weighted by Gasteiger charge is -2.34. The molecule has 1 atom stereocenters. The van der Waals surface area contributed by atoms with E-state index < -0.39 is 0 Å². The number of anilines is 1. The summed E-state index contributed by atoms with van der Waals surface area (Å²) in [6.07, 6.45) is 3.87. The molecule has 1 aliphatic rings. The van der Waals surface area contributed by atoms with Gasteiger partial charge in [-0.1, -0.05) is 26.8 Å². The Bertz CT molecular complexity index is 617. The molecule has 1 unspecified atom stereocenters. The third kappa shape index (κ3) is 10.4. The van der Waals surface area contributed by atoms with Crippen molar-refractivity contribution in [1.29, 1.82) is 0 Å². The monoisotopic (exact) mass is 546 g/mol. The van der Waals surface area contributed by atoms with E-state index in [1.54, 1.807) is 0 Å². The van der Waals surface area contributed by atoms with Gasteiger partial charge in [0.2, 0.25) is 0 Å². The number of nitrogens with one attached hydrogen (secondary N) is 2. The molecule has 0 radical (unpaired) electrons. The van der Waals surface area contributed by atoms with Gasteiger partial charge in [-0.15, -0.1) is 24.0 Å². The highest BCUT2D eigenvalue weighted by molar-refractivity contribution is 14.0. The first kappa shape index (κ1) is 27.9. The van der Waals surface area contributed by atoms with Crippen LogP contribution in [0.4, 0.5) is 5.82 Å². The highest BCUT2D eigenvalue weighted by Crippen LogP contribution is 2.15. The summed E-state index contributed by atoms with van der Waals surface area (Å²) in [6.45, 7) is 16.6. The van der Waals surface area contributed by atoms with Crippen LogP contribution >= 0.6 is 24.0 Å². The zero-order valence-electron chi connectivity index (χ0n) is 19.8. The molecule has 0 saturated carbocycles. The van der Waals surface area contributed by atoms with E-state index in [1.807, 2.05) is 6.20 Å². The minimum Gasteiger partial charge on any atom is -0.396 e. The third-order valence-corrected chi connectivity index (χ3v) is 5.62. The summed E-state index contributed by atoms with van der Waals surface area (Å²) in [5.74, 6) is 2.96. The van der Waals surface area contributed by atoms with E-state index in [9.17, 15) is 5.11 Å². The number of hydrogen-bond acceptors (Lipinski definition) is 5. The average molecular weight is 547 g/mol. The standard InChI is InChI=1S/C23H42N6O.HI/c1-5-24-23(26-16-20(9-14-30)15-19(3)4)27-18-21-7-8-22(25-17-21)29-12-10-28(6-2)11-13-29;/h7-8,17,19-20,30H,5-6,9-16,18H2,1-4H3,(H2,24,26,27);1H. The Morgan fingerprint density at radius 3 is 2.45 bits per heavy atom. The number of likely N-dealkylation sites (N-methyl/N-ethyl adjacent to an activating group) is 1. The molecular formula is C23H43IN6O. The van der Waals surface area contributed by atoms with Crippen molar-refractivity contribution in [2.75, 3.05) is 57.3 Å². The van der Waals surface area contributed by atoms with Gasteiger partial charge in [-0.25, -0.2) is 9.98 Å². The molecule has 0 bridgehead atoms. The van der Waals surface area contributed by atoms with E-state index in [0.717, 1.165) is 76.0 Å². The number of hydrogen-bond donors (Lipinski definition) is 3. The van der Waals surface area contributed by atoms with Crippen molar-refractivity contribution in [3.63, 3.8) is 0 Å². The maximum absolute atomic E-state index is 9.33. The van der Waals surface area contributed by atoms with E-state index in [-0.39, 0.29) is 30.6 Å². The van der Waals surface area contributed by atoms with Gasteiger partial charge < -0.3 is 25.5 Å². The van der Waals surface area contributed by atoms with Gasteiger partial charge in [0.1, 0.15) is 5.82 Å². The first-order valence-electron chi connectivity index (χ1n) is 11.6. The maximum Gasteiger partial charge on any atom is 0.191 e. The summed E-state index contributed by atoms with van der Waals surface area (Å²) in [5, 5.41) is 16.1. The van der Waals surface area contributed by atoms with E-state index in [4.69, 9.17) is 4.99 Å². The number of rotatable bonds is 11. The molecule has 1 aromatic rings. The van der Waals surface area contributed by atoms with Crippen molar-refractivity contribution >= 4 is 35.8 Å². The third-order valence-electron chi connectivity index (χ3n) is 5.62.